The molecule has 0 unspecified atom stereocenters. The number of aromatic nitrogens is 2. The fourth-order valence-corrected chi connectivity index (χ4v) is 2.35. The van der Waals surface area contributed by atoms with Crippen LogP contribution in [-0.4, -0.2) is 43.8 Å². The quantitative estimate of drug-likeness (QED) is 0.555. The van der Waals surface area contributed by atoms with E-state index in [1.165, 1.54) is 12.1 Å². The molecule has 0 bridgehead atoms. The molecule has 0 amide bonds. The number of sulfonamides is 1. The summed E-state index contributed by atoms with van der Waals surface area (Å²) in [6.07, 6.45) is 1.06. The van der Waals surface area contributed by atoms with Crippen molar-refractivity contribution in [2.24, 2.45) is 4.99 Å². The van der Waals surface area contributed by atoms with Crippen molar-refractivity contribution in [2.45, 2.75) is 6.92 Å². The Labute approximate surface area is 143 Å². The first-order chi connectivity index (χ1) is 11.8. The molecule has 0 radical (unpaired) electrons. The van der Waals surface area contributed by atoms with Gasteiger partial charge < -0.3 is 5.32 Å². The number of aliphatic imine (C=N–C) groups is 1. The van der Waals surface area contributed by atoms with Gasteiger partial charge in [-0.3, -0.25) is 4.99 Å². The van der Waals surface area contributed by atoms with Crippen LogP contribution >= 0.6 is 0 Å². The number of nitrogens with zero attached hydrogens (tertiary/aromatic N) is 4. The summed E-state index contributed by atoms with van der Waals surface area (Å²) in [4.78, 5) is 4.26. The first-order valence-corrected chi connectivity index (χ1v) is 8.95. The summed E-state index contributed by atoms with van der Waals surface area (Å²) in [5.41, 5.74) is 1.01. The summed E-state index contributed by atoms with van der Waals surface area (Å²) in [6, 6.07) is 5.64. The van der Waals surface area contributed by atoms with E-state index >= 15 is 0 Å². The van der Waals surface area contributed by atoms with E-state index in [1.54, 1.807) is 13.0 Å². The van der Waals surface area contributed by atoms with E-state index in [1.807, 2.05) is 0 Å². The van der Waals surface area contributed by atoms with Gasteiger partial charge in [-0.15, -0.1) is 0 Å². The van der Waals surface area contributed by atoms with Crippen LogP contribution in [0.15, 0.2) is 27.8 Å². The van der Waals surface area contributed by atoms with E-state index in [2.05, 4.69) is 30.0 Å². The predicted molar refractivity (Wildman–Crippen MR) is 88.6 cm³/mol. The Balaban J connectivity index is 2.11. The largest absolute Gasteiger partial charge is 0.364 e. The van der Waals surface area contributed by atoms with Crippen molar-refractivity contribution in [2.75, 3.05) is 24.7 Å². The minimum Gasteiger partial charge on any atom is -0.364 e. The standard InChI is InChI=1S/C14H15FN6O3S/c1-9(19-11-3-4-12(15)10(7-11)8-16)13-14(21-24-20-13)17-5-6-18-25(2,22)23/h3-4,7,18H,5-6H2,1-2H3,(H,17,21). The fourth-order valence-electron chi connectivity index (χ4n) is 1.87. The van der Waals surface area contributed by atoms with Crippen LogP contribution in [0.1, 0.15) is 18.2 Å². The third-order valence-electron chi connectivity index (χ3n) is 2.98. The van der Waals surface area contributed by atoms with Gasteiger partial charge in [0.15, 0.2) is 11.5 Å². The number of halogens is 1. The molecule has 2 N–H and O–H groups in total. The lowest BCUT2D eigenvalue weighted by molar-refractivity contribution is 0.308. The Morgan fingerprint density at radius 2 is 2.16 bits per heavy atom. The second-order valence-corrected chi connectivity index (χ2v) is 6.86. The van der Waals surface area contributed by atoms with Crippen molar-refractivity contribution in [3.63, 3.8) is 0 Å². The van der Waals surface area contributed by atoms with Crippen LogP contribution in [0.3, 0.4) is 0 Å². The predicted octanol–water partition coefficient (Wildman–Crippen LogP) is 1.18. The summed E-state index contributed by atoms with van der Waals surface area (Å²) < 4.78 is 42.3. The Morgan fingerprint density at radius 3 is 2.84 bits per heavy atom. The van der Waals surface area contributed by atoms with Gasteiger partial charge in [0.2, 0.25) is 10.0 Å². The summed E-state index contributed by atoms with van der Waals surface area (Å²) in [7, 11) is -3.27. The van der Waals surface area contributed by atoms with Gasteiger partial charge in [-0.1, -0.05) is 0 Å². The van der Waals surface area contributed by atoms with Crippen molar-refractivity contribution < 1.29 is 17.4 Å². The first kappa shape index (κ1) is 18.5. The molecular formula is C14H15FN6O3S. The van der Waals surface area contributed by atoms with Gasteiger partial charge >= 0.3 is 0 Å². The van der Waals surface area contributed by atoms with E-state index in [9.17, 15) is 12.8 Å². The van der Waals surface area contributed by atoms with Gasteiger partial charge in [0.1, 0.15) is 11.9 Å². The maximum atomic E-state index is 13.3. The summed E-state index contributed by atoms with van der Waals surface area (Å²) >= 11 is 0. The molecule has 0 spiro atoms. The molecule has 0 aliphatic heterocycles. The number of rotatable bonds is 7. The zero-order valence-corrected chi connectivity index (χ0v) is 14.3. The van der Waals surface area contributed by atoms with Crippen LogP contribution in [0, 0.1) is 17.1 Å². The van der Waals surface area contributed by atoms with Gasteiger partial charge in [0.25, 0.3) is 0 Å². The molecule has 25 heavy (non-hydrogen) atoms. The lowest BCUT2D eigenvalue weighted by atomic mass is 10.2. The molecule has 0 aliphatic rings. The van der Waals surface area contributed by atoms with E-state index in [4.69, 9.17) is 5.26 Å². The van der Waals surface area contributed by atoms with Crippen LogP contribution < -0.4 is 10.0 Å². The molecule has 0 saturated carbocycles. The zero-order valence-electron chi connectivity index (χ0n) is 13.4. The molecule has 0 saturated heterocycles. The number of benzene rings is 1. The van der Waals surface area contributed by atoms with Crippen molar-refractivity contribution in [1.82, 2.24) is 15.0 Å². The molecule has 0 aliphatic carbocycles. The van der Waals surface area contributed by atoms with E-state index < -0.39 is 15.8 Å². The molecule has 2 rings (SSSR count). The monoisotopic (exact) mass is 366 g/mol. The highest BCUT2D eigenvalue weighted by Gasteiger charge is 2.13. The molecule has 1 heterocycles. The number of hydrogen-bond donors (Lipinski definition) is 2. The third-order valence-corrected chi connectivity index (χ3v) is 3.71. The molecule has 132 valence electrons. The molecule has 11 heteroatoms. The SMILES string of the molecule is CC(=Nc1ccc(F)c(C#N)c1)c1nonc1NCCNS(C)(=O)=O. The molecule has 1 aromatic carbocycles. The lowest BCUT2D eigenvalue weighted by Crippen LogP contribution is -2.28. The zero-order chi connectivity index (χ0) is 18.4. The van der Waals surface area contributed by atoms with Gasteiger partial charge in [-0.25, -0.2) is 22.2 Å². The second-order valence-electron chi connectivity index (χ2n) is 5.03. The molecule has 2 aromatic rings. The molecular weight excluding hydrogens is 351 g/mol. The van der Waals surface area contributed by atoms with Gasteiger partial charge in [-0.2, -0.15) is 5.26 Å². The van der Waals surface area contributed by atoms with Gasteiger partial charge in [-0.05, 0) is 35.4 Å². The maximum Gasteiger partial charge on any atom is 0.208 e. The summed E-state index contributed by atoms with van der Waals surface area (Å²) in [5.74, 6) is -0.331. The number of nitriles is 1. The third kappa shape index (κ3) is 5.33. The van der Waals surface area contributed by atoms with Crippen LogP contribution in [0.4, 0.5) is 15.9 Å². The molecule has 0 atom stereocenters. The fraction of sp³-hybridized carbons (Fsp3) is 0.286. The average Bonchev–Trinajstić information content (AvgIpc) is 3.01. The minimum atomic E-state index is -3.27. The van der Waals surface area contributed by atoms with E-state index in [-0.39, 0.29) is 18.7 Å². The lowest BCUT2D eigenvalue weighted by Gasteiger charge is -2.05. The van der Waals surface area contributed by atoms with E-state index in [0.29, 0.717) is 22.9 Å². The number of hydrogen-bond acceptors (Lipinski definition) is 8. The second kappa shape index (κ2) is 7.82. The average molecular weight is 366 g/mol. The Hall–Kier alpha value is -2.84. The van der Waals surface area contributed by atoms with Crippen LogP contribution in [0.25, 0.3) is 0 Å². The van der Waals surface area contributed by atoms with Crippen molar-refractivity contribution in [3.8, 4) is 6.07 Å². The van der Waals surface area contributed by atoms with E-state index in [0.717, 1.165) is 12.3 Å². The van der Waals surface area contributed by atoms with Crippen molar-refractivity contribution in [3.05, 3.63) is 35.3 Å². The highest BCUT2D eigenvalue weighted by molar-refractivity contribution is 7.88. The smallest absolute Gasteiger partial charge is 0.208 e. The van der Waals surface area contributed by atoms with Crippen LogP contribution in [0.2, 0.25) is 0 Å². The molecule has 1 aromatic heterocycles. The van der Waals surface area contributed by atoms with Gasteiger partial charge in [0, 0.05) is 13.1 Å². The molecule has 9 nitrogen and oxygen atoms in total. The van der Waals surface area contributed by atoms with Crippen molar-refractivity contribution >= 4 is 27.2 Å². The Bertz CT molecular complexity index is 932. The normalized spacial score (nSPS) is 12.0. The Morgan fingerprint density at radius 1 is 1.40 bits per heavy atom. The maximum absolute atomic E-state index is 13.3. The number of anilines is 1. The Kier molecular flexibility index (Phi) is 5.79. The summed E-state index contributed by atoms with van der Waals surface area (Å²) in [5, 5.41) is 19.2. The number of nitrogens with one attached hydrogen (secondary N) is 2. The first-order valence-electron chi connectivity index (χ1n) is 7.06. The van der Waals surface area contributed by atoms with Gasteiger partial charge in [0.05, 0.1) is 23.2 Å². The topological polar surface area (TPSA) is 133 Å². The summed E-state index contributed by atoms with van der Waals surface area (Å²) in [6.45, 7) is 2.07. The highest BCUT2D eigenvalue weighted by atomic mass is 32.2. The molecule has 0 fully saturated rings. The van der Waals surface area contributed by atoms with Crippen LogP contribution in [0.5, 0.6) is 0 Å². The van der Waals surface area contributed by atoms with Crippen LogP contribution in [-0.2, 0) is 10.0 Å². The van der Waals surface area contributed by atoms with Crippen molar-refractivity contribution in [1.29, 1.82) is 5.26 Å². The minimum absolute atomic E-state index is 0.113. The highest BCUT2D eigenvalue weighted by Crippen LogP contribution is 2.19.